The van der Waals surface area contributed by atoms with Gasteiger partial charge in [0.15, 0.2) is 0 Å². The smallest absolute Gasteiger partial charge is 0.142 e. The van der Waals surface area contributed by atoms with Crippen molar-refractivity contribution in [3.8, 4) is 17.1 Å². The van der Waals surface area contributed by atoms with Crippen LogP contribution in [0.3, 0.4) is 0 Å². The van der Waals surface area contributed by atoms with Gasteiger partial charge < -0.3 is 19.9 Å². The molecular weight excluding hydrogens is 452 g/mol. The van der Waals surface area contributed by atoms with Gasteiger partial charge in [-0.3, -0.25) is 4.68 Å². The summed E-state index contributed by atoms with van der Waals surface area (Å²) >= 11 is 11.6. The molecule has 3 aromatic rings. The van der Waals surface area contributed by atoms with E-state index in [1.54, 1.807) is 0 Å². The van der Waals surface area contributed by atoms with Crippen molar-refractivity contribution in [3.63, 3.8) is 0 Å². The summed E-state index contributed by atoms with van der Waals surface area (Å²) in [6, 6.07) is 6.86. The third-order valence-electron chi connectivity index (χ3n) is 5.88. The second-order valence-corrected chi connectivity index (χ2v) is 9.55. The second-order valence-electron chi connectivity index (χ2n) is 8.75. The van der Waals surface area contributed by atoms with E-state index >= 15 is 0 Å². The predicted octanol–water partition coefficient (Wildman–Crippen LogP) is 4.40. The molecule has 4 rings (SSSR count). The molecule has 0 bridgehead atoms. The molecule has 2 N–H and O–H groups in total. The minimum absolute atomic E-state index is 0.386. The summed E-state index contributed by atoms with van der Waals surface area (Å²) in [6.45, 7) is 10.8. The van der Waals surface area contributed by atoms with Crippen molar-refractivity contribution >= 4 is 40.5 Å². The highest BCUT2D eigenvalue weighted by molar-refractivity contribution is 7.80. The first kappa shape index (κ1) is 23.8. The van der Waals surface area contributed by atoms with Gasteiger partial charge in [0.1, 0.15) is 32.2 Å². The zero-order valence-corrected chi connectivity index (χ0v) is 21.6. The second kappa shape index (κ2) is 9.87. The van der Waals surface area contributed by atoms with Crippen LogP contribution in [0.25, 0.3) is 22.4 Å². The van der Waals surface area contributed by atoms with Crippen LogP contribution in [0.15, 0.2) is 18.2 Å². The number of hydrogen-bond acceptors (Lipinski definition) is 6. The number of ether oxygens (including phenoxy) is 1. The minimum atomic E-state index is 0.386. The lowest BCUT2D eigenvalue weighted by Crippen LogP contribution is -2.55. The van der Waals surface area contributed by atoms with E-state index in [-0.39, 0.29) is 0 Å². The Morgan fingerprint density at radius 1 is 1.21 bits per heavy atom. The highest BCUT2D eigenvalue weighted by Crippen LogP contribution is 2.31. The lowest BCUT2D eigenvalue weighted by molar-refractivity contribution is 0.258. The Morgan fingerprint density at radius 3 is 2.61 bits per heavy atom. The number of aromatic amines is 1. The largest absolute Gasteiger partial charge is 0.493 e. The highest BCUT2D eigenvalue weighted by Gasteiger charge is 2.24. The topological polar surface area (TPSA) is 71.0 Å². The van der Waals surface area contributed by atoms with Gasteiger partial charge in [-0.05, 0) is 45.4 Å². The predicted molar refractivity (Wildman–Crippen MR) is 140 cm³/mol. The average molecular weight is 485 g/mol. The summed E-state index contributed by atoms with van der Waals surface area (Å²) in [6.07, 6.45) is 1.84. The van der Waals surface area contributed by atoms with Crippen LogP contribution >= 0.6 is 24.4 Å². The van der Waals surface area contributed by atoms with Crippen molar-refractivity contribution < 1.29 is 4.74 Å². The number of H-pyrrole nitrogens is 1. The van der Waals surface area contributed by atoms with E-state index in [9.17, 15) is 0 Å². The maximum absolute atomic E-state index is 5.96. The van der Waals surface area contributed by atoms with Gasteiger partial charge >= 0.3 is 0 Å². The van der Waals surface area contributed by atoms with Crippen molar-refractivity contribution in [1.82, 2.24) is 30.0 Å². The summed E-state index contributed by atoms with van der Waals surface area (Å²) in [4.78, 5) is 11.4. The number of hydrogen-bond donors (Lipinski definition) is 2. The summed E-state index contributed by atoms with van der Waals surface area (Å²) < 4.78 is 8.39. The van der Waals surface area contributed by atoms with Gasteiger partial charge in [0.25, 0.3) is 0 Å². The molecule has 0 saturated carbocycles. The highest BCUT2D eigenvalue weighted by atomic mass is 32.1. The van der Waals surface area contributed by atoms with E-state index in [1.807, 2.05) is 30.8 Å². The number of piperazine rings is 1. The van der Waals surface area contributed by atoms with E-state index in [0.29, 0.717) is 29.2 Å². The van der Waals surface area contributed by atoms with Gasteiger partial charge in [-0.2, -0.15) is 5.10 Å². The third-order valence-corrected chi connectivity index (χ3v) is 6.66. The van der Waals surface area contributed by atoms with Gasteiger partial charge in [-0.15, -0.1) is 0 Å². The molecule has 2 aromatic heterocycles. The lowest BCUT2D eigenvalue weighted by Gasteiger charge is -2.37. The number of nitrogens with zero attached hydrogens (tertiary/aromatic N) is 4. The molecule has 0 aliphatic carbocycles. The molecule has 1 saturated heterocycles. The molecule has 1 aliphatic rings. The normalized spacial score (nSPS) is 18.6. The number of nitrogens with one attached hydrogen (secondary N) is 2. The Balaban J connectivity index is 1.81. The molecule has 1 aromatic carbocycles. The Labute approximate surface area is 205 Å². The van der Waals surface area contributed by atoms with Crippen LogP contribution in [0, 0.1) is 4.64 Å². The van der Waals surface area contributed by atoms with Crippen molar-refractivity contribution in [2.45, 2.75) is 52.6 Å². The SMILES string of the molecule is CCCc1nn(C)c2c(=S)[nH]c(-c3cc(C(=S)N4CC(C)NC(C)C4)ccc3OCC)nc12. The number of thiocarbonyl (C=S) groups is 1. The van der Waals surface area contributed by atoms with Gasteiger partial charge in [-0.25, -0.2) is 4.98 Å². The molecule has 0 amide bonds. The van der Waals surface area contributed by atoms with Crippen molar-refractivity contribution in [3.05, 3.63) is 34.1 Å². The number of rotatable bonds is 6. The Hall–Kier alpha value is -2.36. The molecule has 3 heterocycles. The number of aromatic nitrogens is 4. The summed E-state index contributed by atoms with van der Waals surface area (Å²) in [5.74, 6) is 1.43. The van der Waals surface area contributed by atoms with E-state index in [1.165, 1.54) is 0 Å². The first-order chi connectivity index (χ1) is 15.8. The number of benzene rings is 1. The molecule has 0 radical (unpaired) electrons. The van der Waals surface area contributed by atoms with Gasteiger partial charge in [0.05, 0.1) is 17.9 Å². The first-order valence-electron chi connectivity index (χ1n) is 11.6. The van der Waals surface area contributed by atoms with E-state index in [0.717, 1.165) is 64.5 Å². The van der Waals surface area contributed by atoms with Crippen LogP contribution < -0.4 is 10.1 Å². The minimum Gasteiger partial charge on any atom is -0.493 e. The molecule has 176 valence electrons. The molecular formula is C24H32N6OS2. The molecule has 2 atom stereocenters. The standard InChI is InChI=1S/C24H32N6OS2/c1-6-8-18-20-21(29(5)28-18)23(32)27-22(26-20)17-11-16(9-10-19(17)31-7-2)24(33)30-12-14(3)25-15(4)13-30/h9-11,14-15,25H,6-8,12-13H2,1-5H3,(H,26,27,32). The van der Waals surface area contributed by atoms with Crippen LogP contribution in [0.4, 0.5) is 0 Å². The fourth-order valence-corrected chi connectivity index (χ4v) is 5.19. The summed E-state index contributed by atoms with van der Waals surface area (Å²) in [5, 5.41) is 8.22. The number of fused-ring (bicyclic) bond motifs is 1. The zero-order valence-electron chi connectivity index (χ0n) is 19.9. The van der Waals surface area contributed by atoms with Crippen LogP contribution in [0.1, 0.15) is 45.4 Å². The number of aryl methyl sites for hydroxylation is 2. The zero-order chi connectivity index (χ0) is 23.7. The van der Waals surface area contributed by atoms with E-state index in [4.69, 9.17) is 34.2 Å². The van der Waals surface area contributed by atoms with Crippen LogP contribution in [0.2, 0.25) is 0 Å². The van der Waals surface area contributed by atoms with Crippen LogP contribution in [0.5, 0.6) is 5.75 Å². The lowest BCUT2D eigenvalue weighted by atomic mass is 10.1. The summed E-state index contributed by atoms with van der Waals surface area (Å²) in [5.41, 5.74) is 4.49. The van der Waals surface area contributed by atoms with Crippen LogP contribution in [-0.2, 0) is 13.5 Å². The van der Waals surface area contributed by atoms with Gasteiger partial charge in [0.2, 0.25) is 0 Å². The molecule has 1 fully saturated rings. The Morgan fingerprint density at radius 2 is 1.94 bits per heavy atom. The maximum Gasteiger partial charge on any atom is 0.142 e. The van der Waals surface area contributed by atoms with E-state index in [2.05, 4.69) is 47.1 Å². The molecule has 0 spiro atoms. The monoisotopic (exact) mass is 484 g/mol. The first-order valence-corrected chi connectivity index (χ1v) is 12.4. The fraction of sp³-hybridized carbons (Fsp3) is 0.500. The van der Waals surface area contributed by atoms with Gasteiger partial charge in [0, 0.05) is 37.8 Å². The molecule has 9 heteroatoms. The quantitative estimate of drug-likeness (QED) is 0.503. The van der Waals surface area contributed by atoms with E-state index < -0.39 is 0 Å². The van der Waals surface area contributed by atoms with Gasteiger partial charge in [-0.1, -0.05) is 37.8 Å². The Bertz CT molecular complexity index is 1220. The molecule has 33 heavy (non-hydrogen) atoms. The van der Waals surface area contributed by atoms with Crippen LogP contribution in [-0.4, -0.2) is 61.4 Å². The maximum atomic E-state index is 5.96. The van der Waals surface area contributed by atoms with Crippen molar-refractivity contribution in [2.24, 2.45) is 7.05 Å². The fourth-order valence-electron chi connectivity index (χ4n) is 4.58. The molecule has 2 unspecified atom stereocenters. The third kappa shape index (κ3) is 4.81. The molecule has 1 aliphatic heterocycles. The van der Waals surface area contributed by atoms with Crippen molar-refractivity contribution in [1.29, 1.82) is 0 Å². The van der Waals surface area contributed by atoms with Crippen molar-refractivity contribution in [2.75, 3.05) is 19.7 Å². The average Bonchev–Trinajstić information content (AvgIpc) is 3.09. The Kier molecular flexibility index (Phi) is 7.11. The summed E-state index contributed by atoms with van der Waals surface area (Å²) in [7, 11) is 1.91. The molecule has 7 nitrogen and oxygen atoms in total.